The smallest absolute Gasteiger partial charge is 0.109 e. The van der Waals surface area contributed by atoms with E-state index in [2.05, 4.69) is 103 Å². The van der Waals surface area contributed by atoms with Crippen molar-refractivity contribution in [1.82, 2.24) is 0 Å². The Morgan fingerprint density at radius 2 is 1.47 bits per heavy atom. The molecule has 0 spiro atoms. The minimum Gasteiger partial charge on any atom is -1.00 e. The third-order valence-corrected chi connectivity index (χ3v) is 5.05. The first kappa shape index (κ1) is 31.6. The van der Waals surface area contributed by atoms with E-state index < -0.39 is 0 Å². The van der Waals surface area contributed by atoms with E-state index in [-0.39, 0.29) is 41.1 Å². The summed E-state index contributed by atoms with van der Waals surface area (Å²) in [7, 11) is 0. The molecule has 2 aromatic carbocycles. The zero-order chi connectivity index (χ0) is 22.5. The Bertz CT molecular complexity index is 885. The fraction of sp³-hybridized carbons (Fsp3) is 0.429. The van der Waals surface area contributed by atoms with Crippen LogP contribution in [0.3, 0.4) is 0 Å². The monoisotopic (exact) mass is 560 g/mol. The van der Waals surface area contributed by atoms with Gasteiger partial charge in [0.2, 0.25) is 0 Å². The van der Waals surface area contributed by atoms with Crippen LogP contribution in [-0.4, -0.2) is 5.43 Å². The van der Waals surface area contributed by atoms with Crippen molar-refractivity contribution in [2.75, 3.05) is 0 Å². The molecule has 0 atom stereocenters. The van der Waals surface area contributed by atoms with Crippen LogP contribution in [0.2, 0.25) is 13.1 Å². The van der Waals surface area contributed by atoms with Gasteiger partial charge in [0.1, 0.15) is 0 Å². The minimum absolute atomic E-state index is 0. The molecule has 2 aromatic rings. The summed E-state index contributed by atoms with van der Waals surface area (Å²) in [5, 5.41) is 0. The second kappa shape index (κ2) is 13.5. The Labute approximate surface area is 224 Å². The first-order valence-electron chi connectivity index (χ1n) is 10.8. The normalized spacial score (nSPS) is 12.8. The molecule has 0 aliphatic heterocycles. The molecule has 0 aromatic heterocycles. The molecule has 2 aliphatic rings. The molecule has 0 heterocycles. The Morgan fingerprint density at radius 1 is 0.875 bits per heavy atom. The molecule has 0 nitrogen and oxygen atoms in total. The van der Waals surface area contributed by atoms with Gasteiger partial charge in [0.05, 0.1) is 0 Å². The molecule has 0 radical (unpaired) electrons. The molecule has 4 rings (SSSR count). The van der Waals surface area contributed by atoms with Crippen molar-refractivity contribution in [3.63, 3.8) is 0 Å². The molecular weight excluding hydrogens is 527 g/mol. The molecule has 4 heteroatoms. The van der Waals surface area contributed by atoms with Crippen molar-refractivity contribution >= 4 is 5.43 Å². The minimum atomic E-state index is 0. The summed E-state index contributed by atoms with van der Waals surface area (Å²) in [6, 6.07) is 15.2. The van der Waals surface area contributed by atoms with E-state index >= 15 is 0 Å². The van der Waals surface area contributed by atoms with Gasteiger partial charge in [0.25, 0.3) is 0 Å². The predicted octanol–water partition coefficient (Wildman–Crippen LogP) is 1.75. The van der Waals surface area contributed by atoms with Crippen LogP contribution in [0.15, 0.2) is 48.6 Å². The third kappa shape index (κ3) is 9.46. The first-order chi connectivity index (χ1) is 13.9. The number of benzene rings is 2. The van der Waals surface area contributed by atoms with E-state index in [9.17, 15) is 0 Å². The molecule has 0 saturated heterocycles. The topological polar surface area (TPSA) is 0 Å². The van der Waals surface area contributed by atoms with E-state index in [1.165, 1.54) is 33.4 Å². The van der Waals surface area contributed by atoms with E-state index in [0.717, 1.165) is 12.8 Å². The van der Waals surface area contributed by atoms with E-state index in [4.69, 9.17) is 0 Å². The molecule has 0 N–H and O–H groups in total. The maximum absolute atomic E-state index is 3.67. The molecular formula is C28H36Cl2SiZr-2. The van der Waals surface area contributed by atoms with Crippen LogP contribution in [-0.2, 0) is 40.6 Å². The fourth-order valence-corrected chi connectivity index (χ4v) is 3.37. The quantitative estimate of drug-likeness (QED) is 0.290. The van der Waals surface area contributed by atoms with Crippen molar-refractivity contribution < 1.29 is 48.1 Å². The summed E-state index contributed by atoms with van der Waals surface area (Å²) in [4.78, 5) is 0. The Hall–Kier alpha value is -0.400. The van der Waals surface area contributed by atoms with Gasteiger partial charge in [-0.05, 0) is 28.4 Å². The zero-order valence-electron chi connectivity index (χ0n) is 20.8. The summed E-state index contributed by atoms with van der Waals surface area (Å²) < 4.78 is 0. The summed E-state index contributed by atoms with van der Waals surface area (Å²) in [6.45, 7) is 18.2. The van der Waals surface area contributed by atoms with Crippen LogP contribution in [0.1, 0.15) is 70.2 Å². The van der Waals surface area contributed by atoms with Crippen LogP contribution >= 0.6 is 0 Å². The second-order valence-electron chi connectivity index (χ2n) is 10.3. The molecule has 2 aliphatic carbocycles. The summed E-state index contributed by atoms with van der Waals surface area (Å²) >= 11 is 1.74. The van der Waals surface area contributed by atoms with E-state index in [1.807, 2.05) is 12.2 Å². The number of hydrogen-bond donors (Lipinski definition) is 0. The SMILES string of the molecule is CC(C)(C)c1[c-]c2c(cc1)-c1ccc(C(C)(C)C)cc1C2.C[Si](C)=[Zr+2].[C-]1=CC=CC1.[Cl-].[Cl-]. The van der Waals surface area contributed by atoms with Crippen molar-refractivity contribution in [2.24, 2.45) is 0 Å². The van der Waals surface area contributed by atoms with E-state index in [1.54, 1.807) is 23.3 Å². The Kier molecular flexibility index (Phi) is 13.3. The van der Waals surface area contributed by atoms with Gasteiger partial charge >= 0.3 is 41.9 Å². The molecule has 0 unspecified atom stereocenters. The van der Waals surface area contributed by atoms with Gasteiger partial charge in [-0.3, -0.25) is 6.08 Å². The summed E-state index contributed by atoms with van der Waals surface area (Å²) in [6.07, 6.45) is 11.0. The van der Waals surface area contributed by atoms with Gasteiger partial charge in [-0.15, -0.1) is 17.5 Å². The fourth-order valence-electron chi connectivity index (χ4n) is 3.37. The number of rotatable bonds is 0. The van der Waals surface area contributed by atoms with Crippen molar-refractivity contribution in [2.45, 2.75) is 78.3 Å². The van der Waals surface area contributed by atoms with Gasteiger partial charge in [-0.2, -0.15) is 29.8 Å². The maximum Gasteiger partial charge on any atom is -0.109 e. The second-order valence-corrected chi connectivity index (χ2v) is 19.7. The van der Waals surface area contributed by atoms with Gasteiger partial charge in [-0.1, -0.05) is 65.3 Å². The Balaban J connectivity index is 0.000000739. The van der Waals surface area contributed by atoms with Gasteiger partial charge in [-0.25, -0.2) is 12.2 Å². The van der Waals surface area contributed by atoms with Crippen molar-refractivity contribution in [3.8, 4) is 11.1 Å². The molecule has 0 saturated carbocycles. The van der Waals surface area contributed by atoms with Crippen LogP contribution < -0.4 is 24.8 Å². The van der Waals surface area contributed by atoms with E-state index in [0.29, 0.717) is 0 Å². The Morgan fingerprint density at radius 3 is 1.91 bits per heavy atom. The maximum atomic E-state index is 3.67. The van der Waals surface area contributed by atoms with Crippen LogP contribution in [0.25, 0.3) is 11.1 Å². The van der Waals surface area contributed by atoms with Gasteiger partial charge in [0, 0.05) is 0 Å². The molecule has 0 fully saturated rings. The predicted molar refractivity (Wildman–Crippen MR) is 130 cm³/mol. The van der Waals surface area contributed by atoms with Crippen molar-refractivity contribution in [3.05, 3.63) is 83.0 Å². The largest absolute Gasteiger partial charge is 1.00 e. The van der Waals surface area contributed by atoms with Gasteiger partial charge in [0.15, 0.2) is 0 Å². The zero-order valence-corrected chi connectivity index (χ0v) is 25.8. The summed E-state index contributed by atoms with van der Waals surface area (Å²) in [5.41, 5.74) is 8.92. The van der Waals surface area contributed by atoms with Crippen LogP contribution in [0.5, 0.6) is 0 Å². The van der Waals surface area contributed by atoms with Gasteiger partial charge < -0.3 is 24.8 Å². The average Bonchev–Trinajstić information content (AvgIpc) is 3.30. The first-order valence-corrected chi connectivity index (χ1v) is 17.0. The standard InChI is InChI=1S/C21H25.C5H5.C2H6Si.2ClH.Zr/c1-20(2,3)16-7-9-18-14(12-16)11-15-13-17(21(4,5)6)8-10-19(15)18;1-2-4-5-3-1;1-3-2;;;/h7-10,12H,11H2,1-6H3;1-3H,4H2;1-2H3;2*1H;/q2*-1;;;;+2/p-2. The van der Waals surface area contributed by atoms with Crippen LogP contribution in [0.4, 0.5) is 0 Å². The number of halogens is 2. The molecule has 32 heavy (non-hydrogen) atoms. The van der Waals surface area contributed by atoms with Crippen LogP contribution in [0, 0.1) is 12.1 Å². The average molecular weight is 563 g/mol. The molecule has 172 valence electrons. The van der Waals surface area contributed by atoms with Crippen molar-refractivity contribution in [1.29, 1.82) is 0 Å². The number of hydrogen-bond acceptors (Lipinski definition) is 0. The molecule has 0 bridgehead atoms. The number of fused-ring (bicyclic) bond motifs is 3. The molecule has 0 amide bonds. The summed E-state index contributed by atoms with van der Waals surface area (Å²) in [5.74, 6) is 0. The third-order valence-electron chi connectivity index (χ3n) is 5.05. The number of allylic oxidation sites excluding steroid dienone is 4.